The van der Waals surface area contributed by atoms with Crippen LogP contribution in [0.4, 0.5) is 10.5 Å². The van der Waals surface area contributed by atoms with Crippen LogP contribution in [0.2, 0.25) is 0 Å². The van der Waals surface area contributed by atoms with Gasteiger partial charge in [0.25, 0.3) is 5.91 Å². The number of rotatable bonds is 3. The van der Waals surface area contributed by atoms with Gasteiger partial charge in [0.1, 0.15) is 0 Å². The van der Waals surface area contributed by atoms with Gasteiger partial charge in [0.15, 0.2) is 0 Å². The van der Waals surface area contributed by atoms with Gasteiger partial charge in [-0.2, -0.15) is 0 Å². The highest BCUT2D eigenvalue weighted by molar-refractivity contribution is 5.99. The monoisotopic (exact) mass is 288 g/mol. The van der Waals surface area contributed by atoms with Crippen molar-refractivity contribution in [3.8, 4) is 0 Å². The van der Waals surface area contributed by atoms with E-state index in [-0.39, 0.29) is 18.0 Å². The molecular formula is C15H20N4O2. The lowest BCUT2D eigenvalue weighted by atomic mass is 10.1. The highest BCUT2D eigenvalue weighted by atomic mass is 16.2. The summed E-state index contributed by atoms with van der Waals surface area (Å²) >= 11 is 0. The lowest BCUT2D eigenvalue weighted by Gasteiger charge is -2.36. The summed E-state index contributed by atoms with van der Waals surface area (Å²) in [5.74, 6) is 0.0329. The quantitative estimate of drug-likeness (QED) is 0.871. The zero-order valence-electron chi connectivity index (χ0n) is 12.1. The Hall–Kier alpha value is -2.24. The molecule has 1 aromatic carbocycles. The number of anilines is 1. The Labute approximate surface area is 124 Å². The number of nitrogens with one attached hydrogen (secondary N) is 2. The van der Waals surface area contributed by atoms with E-state index in [4.69, 9.17) is 0 Å². The van der Waals surface area contributed by atoms with Crippen molar-refractivity contribution < 1.29 is 9.59 Å². The minimum Gasteiger partial charge on any atom is -0.385 e. The average molecular weight is 288 g/mol. The fourth-order valence-electron chi connectivity index (χ4n) is 2.97. The molecular weight excluding hydrogens is 268 g/mol. The molecule has 0 radical (unpaired) electrons. The first kappa shape index (κ1) is 13.7. The molecule has 2 saturated heterocycles. The molecule has 2 aliphatic rings. The van der Waals surface area contributed by atoms with Gasteiger partial charge in [-0.1, -0.05) is 12.1 Å². The van der Waals surface area contributed by atoms with Crippen molar-refractivity contribution in [2.24, 2.45) is 0 Å². The van der Waals surface area contributed by atoms with Gasteiger partial charge in [0, 0.05) is 38.4 Å². The number of hydrogen-bond acceptors (Lipinski definition) is 3. The fourth-order valence-corrected chi connectivity index (χ4v) is 2.97. The SMILES string of the molecule is CCNc1ccccc1C(=O)N1CCN2C(=O)NCC2C1. The Bertz CT molecular complexity index is 560. The van der Waals surface area contributed by atoms with Gasteiger partial charge in [0.2, 0.25) is 0 Å². The topological polar surface area (TPSA) is 64.7 Å². The van der Waals surface area contributed by atoms with Crippen molar-refractivity contribution in [1.29, 1.82) is 0 Å². The molecule has 0 aliphatic carbocycles. The van der Waals surface area contributed by atoms with Crippen LogP contribution >= 0.6 is 0 Å². The number of amides is 3. The number of carbonyl (C=O) groups is 2. The molecule has 1 unspecified atom stereocenters. The maximum absolute atomic E-state index is 12.7. The normalized spacial score (nSPS) is 21.0. The van der Waals surface area contributed by atoms with E-state index in [1.54, 1.807) is 0 Å². The van der Waals surface area contributed by atoms with Crippen molar-refractivity contribution in [2.75, 3.05) is 38.0 Å². The molecule has 2 aliphatic heterocycles. The van der Waals surface area contributed by atoms with Crippen LogP contribution in [-0.4, -0.2) is 60.5 Å². The van der Waals surface area contributed by atoms with E-state index >= 15 is 0 Å². The summed E-state index contributed by atoms with van der Waals surface area (Å²) in [6.45, 7) is 5.19. The van der Waals surface area contributed by atoms with Crippen LogP contribution in [0, 0.1) is 0 Å². The van der Waals surface area contributed by atoms with E-state index in [0.29, 0.717) is 31.7 Å². The molecule has 0 aromatic heterocycles. The highest BCUT2D eigenvalue weighted by Crippen LogP contribution is 2.20. The third kappa shape index (κ3) is 2.53. The lowest BCUT2D eigenvalue weighted by Crippen LogP contribution is -2.53. The number of fused-ring (bicyclic) bond motifs is 1. The van der Waals surface area contributed by atoms with E-state index in [0.717, 1.165) is 12.2 Å². The Morgan fingerprint density at radius 3 is 3.00 bits per heavy atom. The molecule has 2 N–H and O–H groups in total. The van der Waals surface area contributed by atoms with E-state index in [9.17, 15) is 9.59 Å². The summed E-state index contributed by atoms with van der Waals surface area (Å²) in [6, 6.07) is 7.66. The second-order valence-electron chi connectivity index (χ2n) is 5.36. The van der Waals surface area contributed by atoms with Crippen molar-refractivity contribution in [3.63, 3.8) is 0 Å². The number of para-hydroxylation sites is 1. The van der Waals surface area contributed by atoms with Crippen molar-refractivity contribution in [2.45, 2.75) is 13.0 Å². The molecule has 6 nitrogen and oxygen atoms in total. The van der Waals surface area contributed by atoms with Crippen LogP contribution in [0.15, 0.2) is 24.3 Å². The number of urea groups is 1. The molecule has 3 amide bonds. The molecule has 0 saturated carbocycles. The summed E-state index contributed by atoms with van der Waals surface area (Å²) in [7, 11) is 0. The summed E-state index contributed by atoms with van der Waals surface area (Å²) in [6.07, 6.45) is 0. The highest BCUT2D eigenvalue weighted by Gasteiger charge is 2.37. The number of piperazine rings is 1. The molecule has 2 fully saturated rings. The molecule has 0 bridgehead atoms. The first-order valence-corrected chi connectivity index (χ1v) is 7.37. The van der Waals surface area contributed by atoms with E-state index in [1.165, 1.54) is 0 Å². The van der Waals surface area contributed by atoms with Gasteiger partial charge in [-0.25, -0.2) is 4.79 Å². The van der Waals surface area contributed by atoms with Crippen molar-refractivity contribution in [3.05, 3.63) is 29.8 Å². The lowest BCUT2D eigenvalue weighted by molar-refractivity contribution is 0.0618. The second-order valence-corrected chi connectivity index (χ2v) is 5.36. The summed E-state index contributed by atoms with van der Waals surface area (Å²) in [5.41, 5.74) is 1.57. The van der Waals surface area contributed by atoms with Crippen LogP contribution in [0.1, 0.15) is 17.3 Å². The first-order chi connectivity index (χ1) is 10.2. The van der Waals surface area contributed by atoms with Gasteiger partial charge in [-0.15, -0.1) is 0 Å². The predicted molar refractivity (Wildman–Crippen MR) is 80.4 cm³/mol. The maximum atomic E-state index is 12.7. The number of carbonyl (C=O) groups excluding carboxylic acids is 2. The Kier molecular flexibility index (Phi) is 3.68. The van der Waals surface area contributed by atoms with Gasteiger partial charge >= 0.3 is 6.03 Å². The average Bonchev–Trinajstić information content (AvgIpc) is 2.88. The molecule has 1 aromatic rings. The first-order valence-electron chi connectivity index (χ1n) is 7.37. The van der Waals surface area contributed by atoms with Crippen LogP contribution < -0.4 is 10.6 Å². The summed E-state index contributed by atoms with van der Waals surface area (Å²) in [4.78, 5) is 28.0. The number of nitrogens with zero attached hydrogens (tertiary/aromatic N) is 2. The van der Waals surface area contributed by atoms with Gasteiger partial charge in [0.05, 0.1) is 11.6 Å². The van der Waals surface area contributed by atoms with Crippen LogP contribution in [0.3, 0.4) is 0 Å². The third-order valence-corrected chi connectivity index (χ3v) is 4.04. The smallest absolute Gasteiger partial charge is 0.317 e. The largest absolute Gasteiger partial charge is 0.385 e. The van der Waals surface area contributed by atoms with Crippen LogP contribution in [-0.2, 0) is 0 Å². The molecule has 1 atom stereocenters. The fraction of sp³-hybridized carbons (Fsp3) is 0.467. The van der Waals surface area contributed by atoms with Crippen LogP contribution in [0.25, 0.3) is 0 Å². The predicted octanol–water partition coefficient (Wildman–Crippen LogP) is 0.968. The summed E-state index contributed by atoms with van der Waals surface area (Å²) in [5, 5.41) is 6.05. The van der Waals surface area contributed by atoms with Crippen molar-refractivity contribution >= 4 is 17.6 Å². The zero-order valence-corrected chi connectivity index (χ0v) is 12.1. The van der Waals surface area contributed by atoms with E-state index in [1.807, 2.05) is 41.0 Å². The molecule has 112 valence electrons. The van der Waals surface area contributed by atoms with E-state index < -0.39 is 0 Å². The maximum Gasteiger partial charge on any atom is 0.317 e. The summed E-state index contributed by atoms with van der Waals surface area (Å²) < 4.78 is 0. The number of benzene rings is 1. The molecule has 0 spiro atoms. The Morgan fingerprint density at radius 1 is 1.38 bits per heavy atom. The Balaban J connectivity index is 1.76. The molecule has 21 heavy (non-hydrogen) atoms. The number of hydrogen-bond donors (Lipinski definition) is 2. The standard InChI is InChI=1S/C15H20N4O2/c1-2-16-13-6-4-3-5-12(13)14(20)18-7-8-19-11(10-18)9-17-15(19)21/h3-6,11,16H,2,7-10H2,1H3,(H,17,21). The molecule has 6 heteroatoms. The van der Waals surface area contributed by atoms with E-state index in [2.05, 4.69) is 10.6 Å². The van der Waals surface area contributed by atoms with Gasteiger partial charge in [-0.3, -0.25) is 4.79 Å². The minimum atomic E-state index is -0.0138. The zero-order chi connectivity index (χ0) is 14.8. The van der Waals surface area contributed by atoms with Gasteiger partial charge < -0.3 is 20.4 Å². The van der Waals surface area contributed by atoms with Gasteiger partial charge in [-0.05, 0) is 19.1 Å². The molecule has 2 heterocycles. The van der Waals surface area contributed by atoms with Crippen molar-refractivity contribution in [1.82, 2.24) is 15.1 Å². The van der Waals surface area contributed by atoms with Crippen LogP contribution in [0.5, 0.6) is 0 Å². The Morgan fingerprint density at radius 2 is 2.19 bits per heavy atom. The second kappa shape index (κ2) is 5.63. The minimum absolute atomic E-state index is 0.0138. The molecule has 3 rings (SSSR count). The third-order valence-electron chi connectivity index (χ3n) is 4.04.